The first-order chi connectivity index (χ1) is 9.36. The van der Waals surface area contributed by atoms with Gasteiger partial charge >= 0.3 is 0 Å². The molecule has 0 aromatic heterocycles. The summed E-state index contributed by atoms with van der Waals surface area (Å²) in [5.41, 5.74) is 0.817. The first-order valence-corrected chi connectivity index (χ1v) is 7.25. The van der Waals surface area contributed by atoms with E-state index in [0.717, 1.165) is 12.0 Å². The fraction of sp³-hybridized carbons (Fsp3) is 0.529. The number of imide groups is 1. The van der Waals surface area contributed by atoms with Crippen molar-refractivity contribution < 1.29 is 9.59 Å². The van der Waals surface area contributed by atoms with E-state index < -0.39 is 0 Å². The molecule has 1 aliphatic rings. The lowest BCUT2D eigenvalue weighted by molar-refractivity contribution is -0.141. The molecular weight excluding hydrogens is 250 g/mol. The van der Waals surface area contributed by atoms with Crippen LogP contribution in [0.4, 0.5) is 0 Å². The molecule has 1 fully saturated rings. The fourth-order valence-electron chi connectivity index (χ4n) is 3.10. The predicted octanol–water partition coefficient (Wildman–Crippen LogP) is 3.24. The van der Waals surface area contributed by atoms with Crippen molar-refractivity contribution in [1.29, 1.82) is 0 Å². The van der Waals surface area contributed by atoms with Gasteiger partial charge in [0.2, 0.25) is 11.8 Å². The molecule has 2 unspecified atom stereocenters. The molecule has 2 atom stereocenters. The number of nitrogens with zero attached hydrogens (tertiary/aromatic N) is 1. The van der Waals surface area contributed by atoms with Gasteiger partial charge in [-0.05, 0) is 17.4 Å². The lowest BCUT2D eigenvalue weighted by Gasteiger charge is -2.28. The number of likely N-dealkylation sites (tertiary alicyclic amines) is 1. The number of hydrogen-bond acceptors (Lipinski definition) is 2. The Kier molecular flexibility index (Phi) is 3.98. The van der Waals surface area contributed by atoms with Gasteiger partial charge in [0.15, 0.2) is 0 Å². The third kappa shape index (κ3) is 2.62. The Labute approximate surface area is 121 Å². The topological polar surface area (TPSA) is 37.4 Å². The van der Waals surface area contributed by atoms with Crippen molar-refractivity contribution in [2.45, 2.75) is 40.7 Å². The minimum absolute atomic E-state index is 0.0127. The summed E-state index contributed by atoms with van der Waals surface area (Å²) in [6.07, 6.45) is 0.720. The lowest BCUT2D eigenvalue weighted by atomic mass is 9.73. The Bertz CT molecular complexity index is 501. The quantitative estimate of drug-likeness (QED) is 0.793. The Morgan fingerprint density at radius 3 is 2.10 bits per heavy atom. The van der Waals surface area contributed by atoms with E-state index in [-0.39, 0.29) is 29.1 Å². The van der Waals surface area contributed by atoms with Crippen LogP contribution >= 0.6 is 0 Å². The molecule has 0 spiro atoms. The maximum Gasteiger partial charge on any atom is 0.233 e. The zero-order valence-electron chi connectivity index (χ0n) is 12.7. The van der Waals surface area contributed by atoms with Crippen LogP contribution in [0.1, 0.15) is 39.7 Å². The molecular formula is C17H23NO2. The number of carbonyl (C=O) groups is 2. The van der Waals surface area contributed by atoms with E-state index in [1.54, 1.807) is 0 Å². The van der Waals surface area contributed by atoms with Gasteiger partial charge in [-0.25, -0.2) is 0 Å². The highest BCUT2D eigenvalue weighted by atomic mass is 16.2. The van der Waals surface area contributed by atoms with Crippen molar-refractivity contribution in [3.05, 3.63) is 35.9 Å². The second-order valence-corrected chi connectivity index (χ2v) is 6.61. The standard InChI is InChI=1S/C17H23NO2/c1-5-13-14(17(2,3)4)16(20)18(15(13)19)11-12-9-7-6-8-10-12/h6-10,13-14H,5,11H2,1-4H3. The molecule has 1 heterocycles. The fourth-order valence-corrected chi connectivity index (χ4v) is 3.10. The summed E-state index contributed by atoms with van der Waals surface area (Å²) in [6, 6.07) is 9.69. The van der Waals surface area contributed by atoms with Gasteiger partial charge in [0, 0.05) is 0 Å². The highest BCUT2D eigenvalue weighted by Crippen LogP contribution is 2.41. The molecule has 3 heteroatoms. The van der Waals surface area contributed by atoms with Crippen LogP contribution in [-0.4, -0.2) is 16.7 Å². The van der Waals surface area contributed by atoms with Crippen LogP contribution in [0, 0.1) is 17.3 Å². The molecule has 2 amide bonds. The lowest BCUT2D eigenvalue weighted by Crippen LogP contribution is -2.33. The molecule has 1 aliphatic heterocycles. The Morgan fingerprint density at radius 1 is 1.05 bits per heavy atom. The van der Waals surface area contributed by atoms with Gasteiger partial charge in [-0.2, -0.15) is 0 Å². The molecule has 2 rings (SSSR count). The average molecular weight is 273 g/mol. The summed E-state index contributed by atoms with van der Waals surface area (Å²) in [7, 11) is 0. The van der Waals surface area contributed by atoms with Gasteiger partial charge in [-0.15, -0.1) is 0 Å². The molecule has 1 saturated heterocycles. The average Bonchev–Trinajstić information content (AvgIpc) is 2.63. The molecule has 0 N–H and O–H groups in total. The largest absolute Gasteiger partial charge is 0.278 e. The van der Waals surface area contributed by atoms with Crippen LogP contribution in [-0.2, 0) is 16.1 Å². The van der Waals surface area contributed by atoms with Gasteiger partial charge in [0.1, 0.15) is 0 Å². The molecule has 0 saturated carbocycles. The van der Waals surface area contributed by atoms with Gasteiger partial charge in [-0.3, -0.25) is 14.5 Å². The van der Waals surface area contributed by atoms with Crippen molar-refractivity contribution in [3.63, 3.8) is 0 Å². The summed E-state index contributed by atoms with van der Waals surface area (Å²) >= 11 is 0. The highest BCUT2D eigenvalue weighted by Gasteiger charge is 2.51. The molecule has 0 aliphatic carbocycles. The number of carbonyl (C=O) groups excluding carboxylic acids is 2. The maximum absolute atomic E-state index is 12.6. The number of benzene rings is 1. The normalized spacial score (nSPS) is 23.5. The Hall–Kier alpha value is -1.64. The van der Waals surface area contributed by atoms with Crippen LogP contribution in [0.5, 0.6) is 0 Å². The number of rotatable bonds is 3. The molecule has 0 bridgehead atoms. The first kappa shape index (κ1) is 14.8. The van der Waals surface area contributed by atoms with Crippen molar-refractivity contribution in [2.24, 2.45) is 17.3 Å². The molecule has 1 aromatic carbocycles. The zero-order chi connectivity index (χ0) is 14.9. The number of hydrogen-bond donors (Lipinski definition) is 0. The number of amides is 2. The minimum Gasteiger partial charge on any atom is -0.278 e. The monoisotopic (exact) mass is 273 g/mol. The van der Waals surface area contributed by atoms with E-state index in [9.17, 15) is 9.59 Å². The van der Waals surface area contributed by atoms with E-state index in [4.69, 9.17) is 0 Å². The van der Waals surface area contributed by atoms with Crippen LogP contribution in [0.25, 0.3) is 0 Å². The van der Waals surface area contributed by atoms with Crippen molar-refractivity contribution in [3.8, 4) is 0 Å². The van der Waals surface area contributed by atoms with Gasteiger partial charge in [-0.1, -0.05) is 58.0 Å². The van der Waals surface area contributed by atoms with Gasteiger partial charge < -0.3 is 0 Å². The molecule has 20 heavy (non-hydrogen) atoms. The van der Waals surface area contributed by atoms with Crippen LogP contribution < -0.4 is 0 Å². The van der Waals surface area contributed by atoms with Crippen molar-refractivity contribution >= 4 is 11.8 Å². The van der Waals surface area contributed by atoms with Crippen molar-refractivity contribution in [2.75, 3.05) is 0 Å². The van der Waals surface area contributed by atoms with Crippen LogP contribution in [0.15, 0.2) is 30.3 Å². The van der Waals surface area contributed by atoms with Crippen molar-refractivity contribution in [1.82, 2.24) is 4.90 Å². The summed E-state index contributed by atoms with van der Waals surface area (Å²) < 4.78 is 0. The van der Waals surface area contributed by atoms with E-state index >= 15 is 0 Å². The summed E-state index contributed by atoms with van der Waals surface area (Å²) in [6.45, 7) is 8.49. The SMILES string of the molecule is CCC1C(=O)N(Cc2ccccc2)C(=O)C1C(C)(C)C. The molecule has 1 aromatic rings. The van der Waals surface area contributed by atoms with Gasteiger partial charge in [0.25, 0.3) is 0 Å². The molecule has 108 valence electrons. The maximum atomic E-state index is 12.6. The van der Waals surface area contributed by atoms with E-state index in [1.165, 1.54) is 4.90 Å². The minimum atomic E-state index is -0.205. The smallest absolute Gasteiger partial charge is 0.233 e. The highest BCUT2D eigenvalue weighted by molar-refractivity contribution is 6.05. The second-order valence-electron chi connectivity index (χ2n) is 6.61. The van der Waals surface area contributed by atoms with E-state index in [1.807, 2.05) is 58.0 Å². The van der Waals surface area contributed by atoms with Crippen LogP contribution in [0.3, 0.4) is 0 Å². The molecule has 0 radical (unpaired) electrons. The predicted molar refractivity (Wildman–Crippen MR) is 78.7 cm³/mol. The summed E-state index contributed by atoms with van der Waals surface area (Å²) in [5, 5.41) is 0. The van der Waals surface area contributed by atoms with Gasteiger partial charge in [0.05, 0.1) is 18.4 Å². The van der Waals surface area contributed by atoms with Crippen LogP contribution in [0.2, 0.25) is 0 Å². The zero-order valence-corrected chi connectivity index (χ0v) is 12.7. The second kappa shape index (κ2) is 5.39. The summed E-state index contributed by atoms with van der Waals surface area (Å²) in [4.78, 5) is 26.6. The first-order valence-electron chi connectivity index (χ1n) is 7.25. The Morgan fingerprint density at radius 2 is 1.65 bits per heavy atom. The van der Waals surface area contributed by atoms with E-state index in [0.29, 0.717) is 6.54 Å². The van der Waals surface area contributed by atoms with E-state index in [2.05, 4.69) is 0 Å². The third-order valence-electron chi connectivity index (χ3n) is 4.07. The summed E-state index contributed by atoms with van der Waals surface area (Å²) in [5.74, 6) is -0.408. The Balaban J connectivity index is 2.27. The third-order valence-corrected chi connectivity index (χ3v) is 4.07. The molecule has 3 nitrogen and oxygen atoms in total.